The highest BCUT2D eigenvalue weighted by molar-refractivity contribution is 7.09. The number of ether oxygens (including phenoxy) is 1. The number of rotatable bonds is 6. The average molecular weight is 262 g/mol. The number of hydrogen-bond donors (Lipinski definition) is 1. The molecule has 1 heterocycles. The third kappa shape index (κ3) is 3.59. The molecule has 3 heteroatoms. The molecule has 0 amide bonds. The Bertz CT molecular complexity index is 448. The molecule has 2 aromatic rings. The zero-order valence-corrected chi connectivity index (χ0v) is 11.3. The van der Waals surface area contributed by atoms with Crippen molar-refractivity contribution in [1.29, 1.82) is 0 Å². The van der Waals surface area contributed by atoms with Crippen LogP contribution in [0.2, 0.25) is 0 Å². The van der Waals surface area contributed by atoms with Crippen LogP contribution >= 0.6 is 11.3 Å². The van der Waals surface area contributed by atoms with Gasteiger partial charge < -0.3 is 9.84 Å². The summed E-state index contributed by atoms with van der Waals surface area (Å²) in [4.78, 5) is 1.20. The van der Waals surface area contributed by atoms with Crippen molar-refractivity contribution in [3.05, 3.63) is 52.2 Å². The van der Waals surface area contributed by atoms with Crippen LogP contribution < -0.4 is 4.74 Å². The average Bonchev–Trinajstić information content (AvgIpc) is 2.89. The number of hydrogen-bond acceptors (Lipinski definition) is 3. The maximum Gasteiger partial charge on any atom is 0.119 e. The van der Waals surface area contributed by atoms with E-state index in [9.17, 15) is 5.11 Å². The molecule has 0 aliphatic carbocycles. The molecule has 0 aliphatic heterocycles. The lowest BCUT2D eigenvalue weighted by Gasteiger charge is -2.11. The quantitative estimate of drug-likeness (QED) is 0.857. The van der Waals surface area contributed by atoms with Gasteiger partial charge in [-0.25, -0.2) is 0 Å². The summed E-state index contributed by atoms with van der Waals surface area (Å²) < 4.78 is 5.52. The third-order valence-electron chi connectivity index (χ3n) is 2.71. The predicted molar refractivity (Wildman–Crippen MR) is 75.2 cm³/mol. The van der Waals surface area contributed by atoms with Crippen molar-refractivity contribution < 1.29 is 9.84 Å². The van der Waals surface area contributed by atoms with E-state index < -0.39 is 6.10 Å². The first kappa shape index (κ1) is 13.1. The van der Waals surface area contributed by atoms with Gasteiger partial charge in [0.1, 0.15) is 5.75 Å². The van der Waals surface area contributed by atoms with Crippen LogP contribution in [0.25, 0.3) is 0 Å². The van der Waals surface area contributed by atoms with Crippen molar-refractivity contribution in [2.75, 3.05) is 6.61 Å². The Balaban J connectivity index is 1.96. The van der Waals surface area contributed by atoms with Crippen molar-refractivity contribution in [2.45, 2.75) is 25.9 Å². The van der Waals surface area contributed by atoms with Gasteiger partial charge in [0.25, 0.3) is 0 Å². The number of benzene rings is 1. The van der Waals surface area contributed by atoms with Gasteiger partial charge in [-0.1, -0.05) is 25.1 Å². The van der Waals surface area contributed by atoms with E-state index in [1.807, 2.05) is 41.8 Å². The van der Waals surface area contributed by atoms with Crippen molar-refractivity contribution in [1.82, 2.24) is 0 Å². The summed E-state index contributed by atoms with van der Waals surface area (Å²) in [5, 5.41) is 12.2. The van der Waals surface area contributed by atoms with Crippen LogP contribution in [0.5, 0.6) is 5.75 Å². The monoisotopic (exact) mass is 262 g/mol. The first-order chi connectivity index (χ1) is 8.79. The van der Waals surface area contributed by atoms with E-state index in [1.165, 1.54) is 4.88 Å². The van der Waals surface area contributed by atoms with Crippen LogP contribution in [0.1, 0.15) is 29.9 Å². The van der Waals surface area contributed by atoms with Crippen LogP contribution in [0, 0.1) is 0 Å². The van der Waals surface area contributed by atoms with Crippen molar-refractivity contribution in [3.8, 4) is 5.75 Å². The molecule has 0 fully saturated rings. The lowest BCUT2D eigenvalue weighted by Crippen LogP contribution is -2.01. The van der Waals surface area contributed by atoms with Gasteiger partial charge in [0.05, 0.1) is 12.7 Å². The van der Waals surface area contributed by atoms with Crippen LogP contribution in [0.15, 0.2) is 41.8 Å². The molecule has 1 unspecified atom stereocenters. The Morgan fingerprint density at radius 2 is 2.00 bits per heavy atom. The maximum atomic E-state index is 10.1. The molecule has 18 heavy (non-hydrogen) atoms. The van der Waals surface area contributed by atoms with Gasteiger partial charge in [-0.15, -0.1) is 11.3 Å². The molecule has 0 saturated heterocycles. The summed E-state index contributed by atoms with van der Waals surface area (Å²) in [5.41, 5.74) is 0.937. The normalized spacial score (nSPS) is 12.3. The summed E-state index contributed by atoms with van der Waals surface area (Å²) in [6.45, 7) is 2.82. The summed E-state index contributed by atoms with van der Waals surface area (Å²) in [5.74, 6) is 0.865. The van der Waals surface area contributed by atoms with E-state index >= 15 is 0 Å². The molecule has 0 spiro atoms. The number of aliphatic hydroxyl groups is 1. The molecule has 2 nitrogen and oxygen atoms in total. The summed E-state index contributed by atoms with van der Waals surface area (Å²) in [7, 11) is 0. The van der Waals surface area contributed by atoms with Gasteiger partial charge in [0.15, 0.2) is 0 Å². The van der Waals surface area contributed by atoms with Gasteiger partial charge in [0, 0.05) is 11.3 Å². The fourth-order valence-electron chi connectivity index (χ4n) is 1.74. The lowest BCUT2D eigenvalue weighted by atomic mass is 10.1. The molecule has 2 rings (SSSR count). The second kappa shape index (κ2) is 6.57. The smallest absolute Gasteiger partial charge is 0.119 e. The van der Waals surface area contributed by atoms with Crippen LogP contribution in [-0.4, -0.2) is 11.7 Å². The second-order valence-electron chi connectivity index (χ2n) is 4.22. The fraction of sp³-hybridized carbons (Fsp3) is 0.333. The highest BCUT2D eigenvalue weighted by Gasteiger charge is 2.09. The molecule has 0 aliphatic rings. The van der Waals surface area contributed by atoms with Gasteiger partial charge in [0.2, 0.25) is 0 Å². The Morgan fingerprint density at radius 1 is 1.22 bits per heavy atom. The van der Waals surface area contributed by atoms with Crippen LogP contribution in [0.3, 0.4) is 0 Å². The highest BCUT2D eigenvalue weighted by Crippen LogP contribution is 2.23. The van der Waals surface area contributed by atoms with Crippen LogP contribution in [0.4, 0.5) is 0 Å². The summed E-state index contributed by atoms with van der Waals surface area (Å²) in [6, 6.07) is 11.8. The number of aliphatic hydroxyl groups excluding tert-OH is 1. The highest BCUT2D eigenvalue weighted by atomic mass is 32.1. The van der Waals surface area contributed by atoms with E-state index in [1.54, 1.807) is 11.3 Å². The molecule has 1 atom stereocenters. The minimum absolute atomic E-state index is 0.441. The zero-order valence-electron chi connectivity index (χ0n) is 10.5. The first-order valence-electron chi connectivity index (χ1n) is 6.23. The third-order valence-corrected chi connectivity index (χ3v) is 3.61. The Labute approximate surface area is 112 Å². The molecule has 96 valence electrons. The van der Waals surface area contributed by atoms with E-state index in [0.717, 1.165) is 24.3 Å². The van der Waals surface area contributed by atoms with E-state index in [2.05, 4.69) is 6.92 Å². The molecule has 1 aromatic heterocycles. The molecule has 0 bridgehead atoms. The van der Waals surface area contributed by atoms with Gasteiger partial charge in [-0.2, -0.15) is 0 Å². The molecular weight excluding hydrogens is 244 g/mol. The van der Waals surface area contributed by atoms with E-state index in [-0.39, 0.29) is 0 Å². The minimum Gasteiger partial charge on any atom is -0.494 e. The van der Waals surface area contributed by atoms with E-state index in [0.29, 0.717) is 6.42 Å². The Morgan fingerprint density at radius 3 is 2.61 bits per heavy atom. The summed E-state index contributed by atoms with van der Waals surface area (Å²) in [6.07, 6.45) is 1.24. The Kier molecular flexibility index (Phi) is 4.79. The van der Waals surface area contributed by atoms with Gasteiger partial charge in [-0.3, -0.25) is 0 Å². The standard InChI is InChI=1S/C15H18O2S/c1-2-9-17-13-7-5-12(6-8-13)15(16)11-14-4-3-10-18-14/h3-8,10,15-16H,2,9,11H2,1H3. The minimum atomic E-state index is -0.441. The van der Waals surface area contributed by atoms with E-state index in [4.69, 9.17) is 4.74 Å². The molecule has 0 radical (unpaired) electrons. The molecule has 0 saturated carbocycles. The summed E-state index contributed by atoms with van der Waals surface area (Å²) >= 11 is 1.68. The maximum absolute atomic E-state index is 10.1. The molecular formula is C15H18O2S. The topological polar surface area (TPSA) is 29.5 Å². The second-order valence-corrected chi connectivity index (χ2v) is 5.25. The molecule has 1 N–H and O–H groups in total. The predicted octanol–water partition coefficient (Wildman–Crippen LogP) is 3.81. The number of thiophene rings is 1. The fourth-order valence-corrected chi connectivity index (χ4v) is 2.49. The zero-order chi connectivity index (χ0) is 12.8. The molecule has 1 aromatic carbocycles. The van der Waals surface area contributed by atoms with Crippen molar-refractivity contribution in [3.63, 3.8) is 0 Å². The van der Waals surface area contributed by atoms with Crippen molar-refractivity contribution >= 4 is 11.3 Å². The van der Waals surface area contributed by atoms with Crippen LogP contribution in [-0.2, 0) is 6.42 Å². The first-order valence-corrected chi connectivity index (χ1v) is 7.10. The Hall–Kier alpha value is -1.32. The largest absolute Gasteiger partial charge is 0.494 e. The van der Waals surface area contributed by atoms with Crippen molar-refractivity contribution in [2.24, 2.45) is 0 Å². The van der Waals surface area contributed by atoms with Gasteiger partial charge in [-0.05, 0) is 35.6 Å². The SMILES string of the molecule is CCCOc1ccc(C(O)Cc2cccs2)cc1. The van der Waals surface area contributed by atoms with Gasteiger partial charge >= 0.3 is 0 Å². The lowest BCUT2D eigenvalue weighted by molar-refractivity contribution is 0.179.